The molecular formula is C15H17N3O3. The van der Waals surface area contributed by atoms with Crippen LogP contribution in [0.1, 0.15) is 25.5 Å². The molecule has 1 aromatic heterocycles. The van der Waals surface area contributed by atoms with Crippen LogP contribution in [0, 0.1) is 10.1 Å². The van der Waals surface area contributed by atoms with Crippen LogP contribution in [0.2, 0.25) is 0 Å². The summed E-state index contributed by atoms with van der Waals surface area (Å²) in [5.41, 5.74) is 0.793. The summed E-state index contributed by atoms with van der Waals surface area (Å²) in [5, 5.41) is 14.1. The maximum absolute atomic E-state index is 11.1. The molecule has 1 heterocycles. The van der Waals surface area contributed by atoms with Gasteiger partial charge in [-0.2, -0.15) is 4.98 Å². The Hall–Kier alpha value is -2.63. The van der Waals surface area contributed by atoms with Crippen LogP contribution in [0.5, 0.6) is 5.88 Å². The largest absolute Gasteiger partial charge is 0.465 e. The highest BCUT2D eigenvalue weighted by Crippen LogP contribution is 2.30. The Labute approximate surface area is 122 Å². The van der Waals surface area contributed by atoms with Gasteiger partial charge in [-0.1, -0.05) is 30.3 Å². The second kappa shape index (κ2) is 6.69. The molecule has 0 fully saturated rings. The van der Waals surface area contributed by atoms with Crippen LogP contribution in [0.3, 0.4) is 0 Å². The lowest BCUT2D eigenvalue weighted by Gasteiger charge is -2.15. The smallest absolute Gasteiger partial charge is 0.331 e. The zero-order valence-electron chi connectivity index (χ0n) is 11.9. The van der Waals surface area contributed by atoms with E-state index >= 15 is 0 Å². The predicted octanol–water partition coefficient (Wildman–Crippen LogP) is 3.56. The molecule has 0 amide bonds. The molecule has 0 aliphatic rings. The predicted molar refractivity (Wildman–Crippen MR) is 80.5 cm³/mol. The molecule has 1 N–H and O–H groups in total. The van der Waals surface area contributed by atoms with Gasteiger partial charge in [-0.25, -0.2) is 0 Å². The molecule has 1 unspecified atom stereocenters. The summed E-state index contributed by atoms with van der Waals surface area (Å²) < 4.78 is 5.69. The van der Waals surface area contributed by atoms with Crippen molar-refractivity contribution < 1.29 is 9.66 Å². The van der Waals surface area contributed by atoms with E-state index in [0.717, 1.165) is 5.56 Å². The van der Waals surface area contributed by atoms with E-state index in [1.165, 1.54) is 6.07 Å². The van der Waals surface area contributed by atoms with Crippen LogP contribution in [-0.4, -0.2) is 16.5 Å². The van der Waals surface area contributed by atoms with Gasteiger partial charge in [-0.15, -0.1) is 0 Å². The average molecular weight is 287 g/mol. The fourth-order valence-electron chi connectivity index (χ4n) is 1.90. The van der Waals surface area contributed by atoms with E-state index in [2.05, 4.69) is 10.3 Å². The average Bonchev–Trinajstić information content (AvgIpc) is 2.48. The lowest BCUT2D eigenvalue weighted by Crippen LogP contribution is -2.08. The van der Waals surface area contributed by atoms with Crippen LogP contribution in [0.15, 0.2) is 42.5 Å². The number of benzene rings is 1. The van der Waals surface area contributed by atoms with E-state index in [4.69, 9.17) is 4.74 Å². The van der Waals surface area contributed by atoms with Crippen molar-refractivity contribution in [1.82, 2.24) is 4.98 Å². The Morgan fingerprint density at radius 2 is 2.00 bits per heavy atom. The lowest BCUT2D eigenvalue weighted by molar-refractivity contribution is -0.386. The molecule has 21 heavy (non-hydrogen) atoms. The van der Waals surface area contributed by atoms with Crippen molar-refractivity contribution in [3.8, 4) is 5.88 Å². The first-order valence-corrected chi connectivity index (χ1v) is 6.72. The second-order valence-corrected chi connectivity index (χ2v) is 4.48. The number of nitro groups is 1. The van der Waals surface area contributed by atoms with Crippen LogP contribution in [0.4, 0.5) is 11.5 Å². The minimum atomic E-state index is -0.490. The highest BCUT2D eigenvalue weighted by Gasteiger charge is 2.20. The third kappa shape index (κ3) is 3.68. The second-order valence-electron chi connectivity index (χ2n) is 4.48. The van der Waals surface area contributed by atoms with Gasteiger partial charge in [0.1, 0.15) is 11.9 Å². The van der Waals surface area contributed by atoms with E-state index < -0.39 is 4.92 Å². The first-order chi connectivity index (χ1) is 10.1. The molecule has 2 aromatic rings. The van der Waals surface area contributed by atoms with Gasteiger partial charge in [-0.05, 0) is 25.5 Å². The van der Waals surface area contributed by atoms with Gasteiger partial charge >= 0.3 is 5.69 Å². The highest BCUT2D eigenvalue weighted by atomic mass is 16.6. The van der Waals surface area contributed by atoms with Crippen molar-refractivity contribution in [2.45, 2.75) is 20.0 Å². The van der Waals surface area contributed by atoms with Crippen molar-refractivity contribution >= 4 is 11.5 Å². The maximum Gasteiger partial charge on any atom is 0.331 e. The van der Waals surface area contributed by atoms with E-state index in [9.17, 15) is 10.1 Å². The number of ether oxygens (including phenoxy) is 1. The van der Waals surface area contributed by atoms with E-state index in [0.29, 0.717) is 12.4 Å². The first-order valence-electron chi connectivity index (χ1n) is 6.72. The zero-order valence-corrected chi connectivity index (χ0v) is 11.9. The van der Waals surface area contributed by atoms with Crippen molar-refractivity contribution in [2.24, 2.45) is 0 Å². The summed E-state index contributed by atoms with van der Waals surface area (Å²) in [7, 11) is 0. The minimum absolute atomic E-state index is 0.0230. The van der Waals surface area contributed by atoms with Gasteiger partial charge in [0.05, 0.1) is 4.92 Å². The number of hydrogen-bond acceptors (Lipinski definition) is 5. The number of nitrogens with one attached hydrogen (secondary N) is 1. The summed E-state index contributed by atoms with van der Waals surface area (Å²) in [6.07, 6.45) is -0.325. The molecule has 6 nitrogen and oxygen atoms in total. The van der Waals surface area contributed by atoms with Crippen molar-refractivity contribution in [3.05, 3.63) is 58.1 Å². The molecule has 0 radical (unpaired) electrons. The fraction of sp³-hybridized carbons (Fsp3) is 0.267. The number of pyridine rings is 1. The van der Waals surface area contributed by atoms with E-state index in [1.54, 1.807) is 6.07 Å². The molecule has 0 aliphatic heterocycles. The quantitative estimate of drug-likeness (QED) is 0.649. The standard InChI is InChI=1S/C15H17N3O3/c1-3-16-14-10-9-13(18(19)20)15(17-14)21-11(2)12-7-5-4-6-8-12/h4-11H,3H2,1-2H3,(H,16,17). The minimum Gasteiger partial charge on any atom is -0.465 e. The molecule has 0 saturated heterocycles. The van der Waals surface area contributed by atoms with Crippen molar-refractivity contribution in [3.63, 3.8) is 0 Å². The summed E-state index contributed by atoms with van der Waals surface area (Å²) >= 11 is 0. The van der Waals surface area contributed by atoms with Gasteiger partial charge in [0.15, 0.2) is 0 Å². The van der Waals surface area contributed by atoms with E-state index in [-0.39, 0.29) is 17.7 Å². The number of hydrogen-bond donors (Lipinski definition) is 1. The number of aromatic nitrogens is 1. The summed E-state index contributed by atoms with van der Waals surface area (Å²) in [4.78, 5) is 14.8. The van der Waals surface area contributed by atoms with Gasteiger partial charge < -0.3 is 10.1 Å². The topological polar surface area (TPSA) is 77.3 Å². The normalized spacial score (nSPS) is 11.7. The lowest BCUT2D eigenvalue weighted by atomic mass is 10.1. The first kappa shape index (κ1) is 14.8. The Bertz CT molecular complexity index is 617. The Kier molecular flexibility index (Phi) is 4.71. The van der Waals surface area contributed by atoms with Crippen molar-refractivity contribution in [2.75, 3.05) is 11.9 Å². The molecule has 0 aliphatic carbocycles. The monoisotopic (exact) mass is 287 g/mol. The van der Waals surface area contributed by atoms with Crippen LogP contribution in [-0.2, 0) is 0 Å². The third-order valence-electron chi connectivity index (χ3n) is 2.95. The highest BCUT2D eigenvalue weighted by molar-refractivity contribution is 5.49. The van der Waals surface area contributed by atoms with Crippen LogP contribution < -0.4 is 10.1 Å². The van der Waals surface area contributed by atoms with Gasteiger partial charge in [0, 0.05) is 12.6 Å². The Morgan fingerprint density at radius 1 is 1.29 bits per heavy atom. The molecule has 1 aromatic carbocycles. The number of nitrogens with zero attached hydrogens (tertiary/aromatic N) is 2. The molecule has 6 heteroatoms. The van der Waals surface area contributed by atoms with Gasteiger partial charge in [-0.3, -0.25) is 10.1 Å². The molecular weight excluding hydrogens is 270 g/mol. The fourth-order valence-corrected chi connectivity index (χ4v) is 1.90. The molecule has 0 saturated carbocycles. The zero-order chi connectivity index (χ0) is 15.2. The molecule has 0 spiro atoms. The van der Waals surface area contributed by atoms with Gasteiger partial charge in [0.25, 0.3) is 5.88 Å². The molecule has 1 atom stereocenters. The summed E-state index contributed by atoms with van der Waals surface area (Å²) in [5.74, 6) is 0.577. The number of rotatable bonds is 6. The van der Waals surface area contributed by atoms with Crippen molar-refractivity contribution in [1.29, 1.82) is 0 Å². The summed E-state index contributed by atoms with van der Waals surface area (Å²) in [6.45, 7) is 4.44. The molecule has 2 rings (SSSR count). The molecule has 110 valence electrons. The number of anilines is 1. The third-order valence-corrected chi connectivity index (χ3v) is 2.95. The van der Waals surface area contributed by atoms with Crippen LogP contribution >= 0.6 is 0 Å². The summed E-state index contributed by atoms with van der Waals surface area (Å²) in [6, 6.07) is 12.5. The Balaban J connectivity index is 2.28. The maximum atomic E-state index is 11.1. The van der Waals surface area contributed by atoms with Crippen LogP contribution in [0.25, 0.3) is 0 Å². The van der Waals surface area contributed by atoms with Gasteiger partial charge in [0.2, 0.25) is 0 Å². The molecule has 0 bridgehead atoms. The Morgan fingerprint density at radius 3 is 2.62 bits per heavy atom. The van der Waals surface area contributed by atoms with E-state index in [1.807, 2.05) is 44.2 Å². The SMILES string of the molecule is CCNc1ccc([N+](=O)[O-])c(OC(C)c2ccccc2)n1.